The Balaban J connectivity index is 2.35. The van der Waals surface area contributed by atoms with Crippen molar-refractivity contribution < 1.29 is 18.3 Å². The molecule has 0 aliphatic carbocycles. The molecule has 22 heavy (non-hydrogen) atoms. The van der Waals surface area contributed by atoms with E-state index in [0.29, 0.717) is 19.3 Å². The summed E-state index contributed by atoms with van der Waals surface area (Å²) in [6.07, 6.45) is 4.14. The molecule has 1 rings (SSSR count). The van der Waals surface area contributed by atoms with Crippen LogP contribution >= 0.6 is 11.8 Å². The van der Waals surface area contributed by atoms with Crippen LogP contribution in [0.25, 0.3) is 0 Å². The van der Waals surface area contributed by atoms with E-state index in [1.165, 1.54) is 0 Å². The molecule has 0 heterocycles. The van der Waals surface area contributed by atoms with E-state index < -0.39 is 15.9 Å². The van der Waals surface area contributed by atoms with Gasteiger partial charge in [-0.3, -0.25) is 4.79 Å². The van der Waals surface area contributed by atoms with Crippen LogP contribution in [0, 0.1) is 0 Å². The summed E-state index contributed by atoms with van der Waals surface area (Å²) in [5, 5.41) is 12.3. The van der Waals surface area contributed by atoms with E-state index in [1.54, 1.807) is 36.0 Å². The third-order valence-corrected chi connectivity index (χ3v) is 4.95. The first-order valence-corrected chi connectivity index (χ1v) is 10.3. The monoisotopic (exact) mass is 345 g/mol. The predicted octanol–water partition coefficient (Wildman–Crippen LogP) is 1.25. The van der Waals surface area contributed by atoms with E-state index in [2.05, 4.69) is 5.32 Å². The minimum atomic E-state index is -3.19. The number of aliphatic hydroxyl groups excluding tert-OH is 1. The fraction of sp³-hybridized carbons (Fsp3) is 0.533. The Hall–Kier alpha value is -1.05. The van der Waals surface area contributed by atoms with Crippen molar-refractivity contribution in [2.75, 3.05) is 24.8 Å². The molecule has 0 fully saturated rings. The summed E-state index contributed by atoms with van der Waals surface area (Å²) in [5.41, 5.74) is 0.908. The topological polar surface area (TPSA) is 83.5 Å². The molecule has 0 aliphatic rings. The normalized spacial score (nSPS) is 12.9. The second kappa shape index (κ2) is 9.17. The number of carbonyl (C=O) groups is 1. The lowest BCUT2D eigenvalue weighted by molar-refractivity contribution is -0.121. The highest BCUT2D eigenvalue weighted by Crippen LogP contribution is 2.11. The SMILES string of the molecule is CSCCC(O)CNC(=O)CCc1ccc(S(C)(=O)=O)cc1. The highest BCUT2D eigenvalue weighted by atomic mass is 32.2. The van der Waals surface area contributed by atoms with Gasteiger partial charge < -0.3 is 10.4 Å². The number of rotatable bonds is 9. The molecule has 5 nitrogen and oxygen atoms in total. The van der Waals surface area contributed by atoms with Gasteiger partial charge in [0.05, 0.1) is 11.0 Å². The fourth-order valence-electron chi connectivity index (χ4n) is 1.84. The van der Waals surface area contributed by atoms with Crippen LogP contribution in [0.4, 0.5) is 0 Å². The summed E-state index contributed by atoms with van der Waals surface area (Å²) < 4.78 is 22.7. The lowest BCUT2D eigenvalue weighted by Crippen LogP contribution is -2.32. The van der Waals surface area contributed by atoms with Crippen molar-refractivity contribution in [3.63, 3.8) is 0 Å². The zero-order valence-electron chi connectivity index (χ0n) is 12.9. The molecule has 1 aromatic rings. The molecule has 1 unspecified atom stereocenters. The minimum Gasteiger partial charge on any atom is -0.391 e. The van der Waals surface area contributed by atoms with Crippen LogP contribution in [-0.2, 0) is 21.1 Å². The van der Waals surface area contributed by atoms with Gasteiger partial charge in [-0.05, 0) is 42.5 Å². The van der Waals surface area contributed by atoms with E-state index in [0.717, 1.165) is 17.6 Å². The molecule has 124 valence electrons. The Bertz CT molecular complexity index is 570. The smallest absolute Gasteiger partial charge is 0.220 e. The van der Waals surface area contributed by atoms with Crippen LogP contribution in [0.1, 0.15) is 18.4 Å². The van der Waals surface area contributed by atoms with Gasteiger partial charge in [0, 0.05) is 19.2 Å². The van der Waals surface area contributed by atoms with Gasteiger partial charge in [0.15, 0.2) is 9.84 Å². The molecule has 1 atom stereocenters. The predicted molar refractivity (Wildman–Crippen MR) is 89.9 cm³/mol. The van der Waals surface area contributed by atoms with Crippen LogP contribution in [0.2, 0.25) is 0 Å². The van der Waals surface area contributed by atoms with Gasteiger partial charge in [-0.25, -0.2) is 8.42 Å². The summed E-state index contributed by atoms with van der Waals surface area (Å²) in [5.74, 6) is 0.749. The lowest BCUT2D eigenvalue weighted by Gasteiger charge is -2.11. The third kappa shape index (κ3) is 7.29. The first kappa shape index (κ1) is 19.0. The highest BCUT2D eigenvalue weighted by molar-refractivity contribution is 7.98. The second-order valence-electron chi connectivity index (χ2n) is 5.16. The van der Waals surface area contributed by atoms with Gasteiger partial charge >= 0.3 is 0 Å². The molecule has 0 aliphatic heterocycles. The summed E-state index contributed by atoms with van der Waals surface area (Å²) in [6, 6.07) is 6.54. The molecule has 1 aromatic carbocycles. The first-order chi connectivity index (χ1) is 10.3. The molecular formula is C15H23NO4S2. The van der Waals surface area contributed by atoms with Gasteiger partial charge in [-0.2, -0.15) is 11.8 Å². The Kier molecular flexibility index (Phi) is 7.92. The highest BCUT2D eigenvalue weighted by Gasteiger charge is 2.09. The van der Waals surface area contributed by atoms with Gasteiger partial charge in [0.25, 0.3) is 0 Å². The molecule has 1 amide bonds. The Morgan fingerprint density at radius 2 is 1.95 bits per heavy atom. The molecule has 7 heteroatoms. The van der Waals surface area contributed by atoms with Gasteiger partial charge in [0.2, 0.25) is 5.91 Å². The molecule has 0 radical (unpaired) electrons. The van der Waals surface area contributed by atoms with E-state index in [9.17, 15) is 18.3 Å². The summed E-state index contributed by atoms with van der Waals surface area (Å²) in [7, 11) is -3.19. The van der Waals surface area contributed by atoms with Crippen molar-refractivity contribution in [2.24, 2.45) is 0 Å². The van der Waals surface area contributed by atoms with Crippen molar-refractivity contribution in [2.45, 2.75) is 30.3 Å². The van der Waals surface area contributed by atoms with E-state index in [-0.39, 0.29) is 17.3 Å². The number of benzene rings is 1. The molecular weight excluding hydrogens is 322 g/mol. The van der Waals surface area contributed by atoms with Crippen LogP contribution in [0.15, 0.2) is 29.2 Å². The zero-order valence-corrected chi connectivity index (χ0v) is 14.5. The van der Waals surface area contributed by atoms with Gasteiger partial charge in [-0.15, -0.1) is 0 Å². The number of amides is 1. The number of aryl methyl sites for hydroxylation is 1. The van der Waals surface area contributed by atoms with Crippen LogP contribution in [0.5, 0.6) is 0 Å². The maximum Gasteiger partial charge on any atom is 0.220 e. The average molecular weight is 345 g/mol. The minimum absolute atomic E-state index is 0.115. The molecule has 0 saturated heterocycles. The molecule has 0 saturated carbocycles. The fourth-order valence-corrected chi connectivity index (χ4v) is 2.98. The summed E-state index contributed by atoms with van der Waals surface area (Å²) in [4.78, 5) is 12.0. The largest absolute Gasteiger partial charge is 0.391 e. The van der Waals surface area contributed by atoms with Crippen LogP contribution in [-0.4, -0.2) is 50.3 Å². The molecule has 0 spiro atoms. The summed E-state index contributed by atoms with van der Waals surface area (Å²) >= 11 is 1.66. The molecule has 0 bridgehead atoms. The van der Waals surface area contributed by atoms with Crippen molar-refractivity contribution in [1.82, 2.24) is 5.32 Å². The number of nitrogens with one attached hydrogen (secondary N) is 1. The number of aliphatic hydroxyl groups is 1. The molecule has 2 N–H and O–H groups in total. The number of carbonyl (C=O) groups excluding carboxylic acids is 1. The maximum atomic E-state index is 11.7. The first-order valence-electron chi connectivity index (χ1n) is 7.05. The number of thioether (sulfide) groups is 1. The van der Waals surface area contributed by atoms with Crippen molar-refractivity contribution in [3.05, 3.63) is 29.8 Å². The van der Waals surface area contributed by atoms with Crippen LogP contribution < -0.4 is 5.32 Å². The van der Waals surface area contributed by atoms with Gasteiger partial charge in [0.1, 0.15) is 0 Å². The van der Waals surface area contributed by atoms with Crippen molar-refractivity contribution in [1.29, 1.82) is 0 Å². The maximum absolute atomic E-state index is 11.7. The Labute approximate surface area is 136 Å². The number of hydrogen-bond acceptors (Lipinski definition) is 5. The van der Waals surface area contributed by atoms with Crippen LogP contribution in [0.3, 0.4) is 0 Å². The average Bonchev–Trinajstić information content (AvgIpc) is 2.48. The number of hydrogen-bond donors (Lipinski definition) is 2. The van der Waals surface area contributed by atoms with E-state index in [4.69, 9.17) is 0 Å². The van der Waals surface area contributed by atoms with Gasteiger partial charge in [-0.1, -0.05) is 12.1 Å². The van der Waals surface area contributed by atoms with Crippen molar-refractivity contribution in [3.8, 4) is 0 Å². The lowest BCUT2D eigenvalue weighted by atomic mass is 10.1. The second-order valence-corrected chi connectivity index (χ2v) is 8.16. The third-order valence-electron chi connectivity index (χ3n) is 3.18. The Morgan fingerprint density at radius 1 is 1.32 bits per heavy atom. The zero-order chi connectivity index (χ0) is 16.6. The standard InChI is InChI=1S/C15H23NO4S2/c1-21-10-9-13(17)11-16-15(18)8-5-12-3-6-14(7-4-12)22(2,19)20/h3-4,6-7,13,17H,5,8-11H2,1-2H3,(H,16,18). The van der Waals surface area contributed by atoms with Crippen molar-refractivity contribution >= 4 is 27.5 Å². The van der Waals surface area contributed by atoms with E-state index >= 15 is 0 Å². The quantitative estimate of drug-likeness (QED) is 0.704. The molecule has 0 aromatic heterocycles. The van der Waals surface area contributed by atoms with E-state index in [1.807, 2.05) is 6.26 Å². The Morgan fingerprint density at radius 3 is 2.50 bits per heavy atom. The summed E-state index contributed by atoms with van der Waals surface area (Å²) in [6.45, 7) is 0.270. The number of sulfone groups is 1.